The Morgan fingerprint density at radius 3 is 2.43 bits per heavy atom. The minimum atomic E-state index is -0.681. The first-order valence-corrected chi connectivity index (χ1v) is 7.12. The third-order valence-electron chi connectivity index (χ3n) is 2.98. The highest BCUT2D eigenvalue weighted by Gasteiger charge is 2.11. The van der Waals surface area contributed by atoms with E-state index in [1.165, 1.54) is 25.1 Å². The molecular weight excluding hydrogens is 320 g/mol. The number of methoxy groups -OCH3 is 1. The van der Waals surface area contributed by atoms with Gasteiger partial charge in [-0.15, -0.1) is 0 Å². The van der Waals surface area contributed by atoms with Gasteiger partial charge in [0.25, 0.3) is 0 Å². The van der Waals surface area contributed by atoms with Crippen molar-refractivity contribution in [3.63, 3.8) is 0 Å². The molecule has 7 heteroatoms. The van der Waals surface area contributed by atoms with E-state index in [1.807, 2.05) is 0 Å². The van der Waals surface area contributed by atoms with Crippen LogP contribution in [-0.2, 0) is 0 Å². The monoisotopic (exact) mass is 335 g/mol. The van der Waals surface area contributed by atoms with E-state index in [2.05, 4.69) is 15.8 Å². The number of halogens is 2. The Bertz CT molecular complexity index is 730. The van der Waals surface area contributed by atoms with Crippen LogP contribution in [0, 0.1) is 11.6 Å². The Kier molecular flexibility index (Phi) is 5.59. The molecule has 2 aromatic carbocycles. The zero-order valence-electron chi connectivity index (χ0n) is 12.6. The van der Waals surface area contributed by atoms with E-state index in [9.17, 15) is 8.78 Å². The first-order chi connectivity index (χ1) is 11.0. The van der Waals surface area contributed by atoms with Gasteiger partial charge in [0.05, 0.1) is 18.4 Å². The number of benzene rings is 2. The van der Waals surface area contributed by atoms with Crippen molar-refractivity contribution in [3.05, 3.63) is 59.7 Å². The van der Waals surface area contributed by atoms with Gasteiger partial charge in [0.15, 0.2) is 5.11 Å². The van der Waals surface area contributed by atoms with Gasteiger partial charge >= 0.3 is 0 Å². The zero-order valence-corrected chi connectivity index (χ0v) is 13.4. The van der Waals surface area contributed by atoms with Gasteiger partial charge in [-0.2, -0.15) is 5.10 Å². The summed E-state index contributed by atoms with van der Waals surface area (Å²) in [7, 11) is 1.56. The molecule has 120 valence electrons. The molecule has 0 saturated heterocycles. The van der Waals surface area contributed by atoms with Crippen molar-refractivity contribution in [2.75, 3.05) is 12.4 Å². The highest BCUT2D eigenvalue weighted by atomic mass is 32.1. The summed E-state index contributed by atoms with van der Waals surface area (Å²) in [4.78, 5) is 0. The molecule has 0 amide bonds. The molecule has 2 aromatic rings. The molecular formula is C16H15F2N3OS. The average Bonchev–Trinajstić information content (AvgIpc) is 2.53. The second-order valence-electron chi connectivity index (χ2n) is 4.59. The molecule has 23 heavy (non-hydrogen) atoms. The fourth-order valence-corrected chi connectivity index (χ4v) is 2.06. The maximum absolute atomic E-state index is 13.6. The second kappa shape index (κ2) is 7.64. The molecule has 2 rings (SSSR count). The van der Waals surface area contributed by atoms with Gasteiger partial charge in [0, 0.05) is 11.8 Å². The molecule has 4 nitrogen and oxygen atoms in total. The van der Waals surface area contributed by atoms with Gasteiger partial charge < -0.3 is 10.1 Å². The summed E-state index contributed by atoms with van der Waals surface area (Å²) in [6.45, 7) is 1.49. The van der Waals surface area contributed by atoms with Gasteiger partial charge in [-0.3, -0.25) is 5.43 Å². The SMILES string of the molecule is COc1cccc(NC(=S)N/N=C(/C)c2c(F)cccc2F)c1. The normalized spacial score (nSPS) is 11.0. The number of rotatable bonds is 4. The van der Waals surface area contributed by atoms with E-state index in [4.69, 9.17) is 17.0 Å². The van der Waals surface area contributed by atoms with Crippen LogP contribution in [0.1, 0.15) is 12.5 Å². The molecule has 0 saturated carbocycles. The van der Waals surface area contributed by atoms with Gasteiger partial charge in [-0.25, -0.2) is 8.78 Å². The fraction of sp³-hybridized carbons (Fsp3) is 0.125. The van der Waals surface area contributed by atoms with Crippen molar-refractivity contribution >= 4 is 28.7 Å². The molecule has 0 bridgehead atoms. The average molecular weight is 335 g/mol. The van der Waals surface area contributed by atoms with Crippen molar-refractivity contribution in [2.24, 2.45) is 5.10 Å². The molecule has 0 atom stereocenters. The number of hydrogen-bond acceptors (Lipinski definition) is 3. The molecule has 0 fully saturated rings. The summed E-state index contributed by atoms with van der Waals surface area (Å²) in [5.74, 6) is -0.689. The molecule has 0 heterocycles. The van der Waals surface area contributed by atoms with Crippen molar-refractivity contribution in [1.29, 1.82) is 0 Å². The summed E-state index contributed by atoms with van der Waals surface area (Å²) >= 11 is 5.09. The van der Waals surface area contributed by atoms with Crippen LogP contribution in [-0.4, -0.2) is 17.9 Å². The van der Waals surface area contributed by atoms with Crippen LogP contribution in [0.4, 0.5) is 14.5 Å². The predicted molar refractivity (Wildman–Crippen MR) is 90.9 cm³/mol. The van der Waals surface area contributed by atoms with Crippen molar-refractivity contribution in [2.45, 2.75) is 6.92 Å². The van der Waals surface area contributed by atoms with Crippen LogP contribution >= 0.6 is 12.2 Å². The van der Waals surface area contributed by atoms with Crippen molar-refractivity contribution in [1.82, 2.24) is 5.43 Å². The molecule has 0 aliphatic rings. The second-order valence-corrected chi connectivity index (χ2v) is 5.00. The lowest BCUT2D eigenvalue weighted by atomic mass is 10.1. The third kappa shape index (κ3) is 4.46. The smallest absolute Gasteiger partial charge is 0.191 e. The van der Waals surface area contributed by atoms with Crippen LogP contribution in [0.15, 0.2) is 47.6 Å². The number of hydrogen-bond donors (Lipinski definition) is 2. The first kappa shape index (κ1) is 16.8. The van der Waals surface area contributed by atoms with Gasteiger partial charge in [0.2, 0.25) is 0 Å². The van der Waals surface area contributed by atoms with Crippen LogP contribution in [0.25, 0.3) is 0 Å². The molecule has 0 spiro atoms. The quantitative estimate of drug-likeness (QED) is 0.508. The third-order valence-corrected chi connectivity index (χ3v) is 3.17. The Hall–Kier alpha value is -2.54. The van der Waals surface area contributed by atoms with E-state index in [0.717, 1.165) is 0 Å². The molecule has 0 aromatic heterocycles. The lowest BCUT2D eigenvalue weighted by Gasteiger charge is -2.09. The topological polar surface area (TPSA) is 45.6 Å². The lowest BCUT2D eigenvalue weighted by Crippen LogP contribution is -2.25. The Labute approximate surface area is 138 Å². The first-order valence-electron chi connectivity index (χ1n) is 6.71. The summed E-state index contributed by atoms with van der Waals surface area (Å²) in [5, 5.41) is 6.99. The number of hydrazone groups is 1. The lowest BCUT2D eigenvalue weighted by molar-refractivity contribution is 0.415. The van der Waals surface area contributed by atoms with Gasteiger partial charge in [-0.1, -0.05) is 12.1 Å². The van der Waals surface area contributed by atoms with E-state index < -0.39 is 11.6 Å². The Morgan fingerprint density at radius 1 is 1.13 bits per heavy atom. The highest BCUT2D eigenvalue weighted by molar-refractivity contribution is 7.80. The molecule has 2 N–H and O–H groups in total. The maximum atomic E-state index is 13.6. The number of nitrogens with zero attached hydrogens (tertiary/aromatic N) is 1. The van der Waals surface area contributed by atoms with E-state index in [1.54, 1.807) is 31.4 Å². The van der Waals surface area contributed by atoms with Crippen molar-refractivity contribution in [3.8, 4) is 5.75 Å². The van der Waals surface area contributed by atoms with E-state index in [-0.39, 0.29) is 16.4 Å². The van der Waals surface area contributed by atoms with Gasteiger partial charge in [0.1, 0.15) is 17.4 Å². The highest BCUT2D eigenvalue weighted by Crippen LogP contribution is 2.16. The summed E-state index contributed by atoms with van der Waals surface area (Å²) < 4.78 is 32.4. The van der Waals surface area contributed by atoms with Crippen LogP contribution in [0.2, 0.25) is 0 Å². The molecule has 0 aliphatic carbocycles. The molecule has 0 unspecified atom stereocenters. The number of nitrogens with one attached hydrogen (secondary N) is 2. The predicted octanol–water partition coefficient (Wildman–Crippen LogP) is 3.68. The zero-order chi connectivity index (χ0) is 16.8. The van der Waals surface area contributed by atoms with Crippen molar-refractivity contribution < 1.29 is 13.5 Å². The van der Waals surface area contributed by atoms with Gasteiger partial charge in [-0.05, 0) is 43.4 Å². The van der Waals surface area contributed by atoms with Crippen LogP contribution in [0.3, 0.4) is 0 Å². The van der Waals surface area contributed by atoms with Crippen LogP contribution < -0.4 is 15.5 Å². The summed E-state index contributed by atoms with van der Waals surface area (Å²) in [6, 6.07) is 10.8. The Morgan fingerprint density at radius 2 is 1.78 bits per heavy atom. The minimum Gasteiger partial charge on any atom is -0.497 e. The number of ether oxygens (including phenoxy) is 1. The summed E-state index contributed by atoms with van der Waals surface area (Å²) in [6.07, 6.45) is 0. The molecule has 0 aliphatic heterocycles. The minimum absolute atomic E-state index is 0.149. The maximum Gasteiger partial charge on any atom is 0.191 e. The molecule has 0 radical (unpaired) electrons. The largest absolute Gasteiger partial charge is 0.497 e. The fourth-order valence-electron chi connectivity index (χ4n) is 1.89. The summed E-state index contributed by atoms with van der Waals surface area (Å²) in [5.41, 5.74) is 3.21. The van der Waals surface area contributed by atoms with Crippen LogP contribution in [0.5, 0.6) is 5.75 Å². The number of anilines is 1. The Balaban J connectivity index is 2.05. The van der Waals surface area contributed by atoms with E-state index >= 15 is 0 Å². The van der Waals surface area contributed by atoms with E-state index in [0.29, 0.717) is 11.4 Å². The standard InChI is InChI=1S/C16H15F2N3OS/c1-10(15-13(17)7-4-8-14(15)18)20-21-16(23)19-11-5-3-6-12(9-11)22-2/h3-9H,1-2H3,(H2,19,21,23)/b20-10-. The number of thiocarbonyl (C=S) groups is 1.